The van der Waals surface area contributed by atoms with Crippen LogP contribution in [0.4, 0.5) is 4.39 Å². The molecule has 1 heterocycles. The minimum atomic E-state index is -0.824. The van der Waals surface area contributed by atoms with Gasteiger partial charge in [-0.1, -0.05) is 41.3 Å². The number of hydrogen-bond acceptors (Lipinski definition) is 5. The van der Waals surface area contributed by atoms with E-state index in [4.69, 9.17) is 0 Å². The van der Waals surface area contributed by atoms with Gasteiger partial charge in [-0.15, -0.1) is 10.2 Å². The average Bonchev–Trinajstić information content (AvgIpc) is 2.79. The molecule has 0 fully saturated rings. The van der Waals surface area contributed by atoms with Crippen LogP contribution in [0.5, 0.6) is 0 Å². The summed E-state index contributed by atoms with van der Waals surface area (Å²) in [6.07, 6.45) is -0.824. The van der Waals surface area contributed by atoms with Crippen molar-refractivity contribution in [2.45, 2.75) is 10.4 Å². The number of aromatic nitrogens is 2. The van der Waals surface area contributed by atoms with E-state index in [1.807, 2.05) is 0 Å². The largest absolute Gasteiger partial charge is 0.387 e. The molecule has 84 valence electrons. The van der Waals surface area contributed by atoms with E-state index in [0.717, 1.165) is 4.34 Å². The number of hydrogen-bond donors (Lipinski definition) is 1. The predicted octanol–water partition coefficient (Wildman–Crippen LogP) is 2.50. The lowest BCUT2D eigenvalue weighted by Gasteiger charge is -2.09. The Kier molecular flexibility index (Phi) is 3.87. The van der Waals surface area contributed by atoms with Gasteiger partial charge in [0, 0.05) is 11.3 Å². The molecule has 0 saturated carbocycles. The summed E-state index contributed by atoms with van der Waals surface area (Å²) in [5.74, 6) is -0.0105. The first-order valence-electron chi connectivity index (χ1n) is 4.59. The van der Waals surface area contributed by atoms with Crippen molar-refractivity contribution in [2.75, 3.05) is 5.75 Å². The van der Waals surface area contributed by atoms with Gasteiger partial charge in [-0.05, 0) is 6.07 Å². The smallest absolute Gasteiger partial charge is 0.174 e. The SMILES string of the molecule is OC(CSc1nncs1)c1ccccc1F. The number of halogens is 1. The van der Waals surface area contributed by atoms with Crippen molar-refractivity contribution in [3.05, 3.63) is 41.2 Å². The van der Waals surface area contributed by atoms with E-state index in [2.05, 4.69) is 10.2 Å². The van der Waals surface area contributed by atoms with Crippen LogP contribution in [0.3, 0.4) is 0 Å². The molecule has 0 spiro atoms. The summed E-state index contributed by atoms with van der Waals surface area (Å²) in [7, 11) is 0. The van der Waals surface area contributed by atoms with Crippen LogP contribution in [0.25, 0.3) is 0 Å². The first kappa shape index (κ1) is 11.5. The predicted molar refractivity (Wildman–Crippen MR) is 62.0 cm³/mol. The van der Waals surface area contributed by atoms with Crippen LogP contribution in [0.15, 0.2) is 34.1 Å². The van der Waals surface area contributed by atoms with Crippen LogP contribution in [-0.2, 0) is 0 Å². The van der Waals surface area contributed by atoms with E-state index in [0.29, 0.717) is 11.3 Å². The van der Waals surface area contributed by atoms with Crippen molar-refractivity contribution in [3.63, 3.8) is 0 Å². The van der Waals surface area contributed by atoms with Crippen molar-refractivity contribution >= 4 is 23.1 Å². The van der Waals surface area contributed by atoms with E-state index in [1.54, 1.807) is 23.7 Å². The minimum absolute atomic E-state index is 0.319. The summed E-state index contributed by atoms with van der Waals surface area (Å²) in [6.45, 7) is 0. The van der Waals surface area contributed by atoms with E-state index in [1.165, 1.54) is 29.2 Å². The van der Waals surface area contributed by atoms with Gasteiger partial charge in [0.1, 0.15) is 11.3 Å². The Bertz CT molecular complexity index is 450. The maximum atomic E-state index is 13.3. The standard InChI is InChI=1S/C10H9FN2OS2/c11-8-4-2-1-3-7(8)9(14)5-15-10-13-12-6-16-10/h1-4,6,9,14H,5H2. The van der Waals surface area contributed by atoms with Gasteiger partial charge in [-0.2, -0.15) is 0 Å². The Morgan fingerprint density at radius 1 is 1.44 bits per heavy atom. The lowest BCUT2D eigenvalue weighted by molar-refractivity contribution is 0.199. The van der Waals surface area contributed by atoms with E-state index < -0.39 is 6.10 Å². The average molecular weight is 256 g/mol. The summed E-state index contributed by atoms with van der Waals surface area (Å²) >= 11 is 2.77. The molecular formula is C10H9FN2OS2. The Morgan fingerprint density at radius 3 is 2.94 bits per heavy atom. The molecule has 0 aliphatic carbocycles. The molecule has 0 radical (unpaired) electrons. The molecule has 1 aromatic heterocycles. The summed E-state index contributed by atoms with van der Waals surface area (Å²) in [5.41, 5.74) is 1.94. The van der Waals surface area contributed by atoms with Crippen molar-refractivity contribution < 1.29 is 9.50 Å². The summed E-state index contributed by atoms with van der Waals surface area (Å²) < 4.78 is 14.1. The summed E-state index contributed by atoms with van der Waals surface area (Å²) in [6, 6.07) is 6.23. The van der Waals surface area contributed by atoms with Crippen molar-refractivity contribution in [1.29, 1.82) is 0 Å². The fourth-order valence-electron chi connectivity index (χ4n) is 1.21. The maximum Gasteiger partial charge on any atom is 0.174 e. The third-order valence-electron chi connectivity index (χ3n) is 1.97. The molecule has 1 atom stereocenters. The molecule has 0 saturated heterocycles. The highest BCUT2D eigenvalue weighted by Gasteiger charge is 2.13. The van der Waals surface area contributed by atoms with Crippen LogP contribution in [0, 0.1) is 5.82 Å². The molecule has 1 unspecified atom stereocenters. The lowest BCUT2D eigenvalue weighted by Crippen LogP contribution is -2.03. The lowest BCUT2D eigenvalue weighted by atomic mass is 10.1. The topological polar surface area (TPSA) is 46.0 Å². The number of aliphatic hydroxyl groups excluding tert-OH is 1. The molecule has 3 nitrogen and oxygen atoms in total. The van der Waals surface area contributed by atoms with E-state index in [-0.39, 0.29) is 5.82 Å². The Morgan fingerprint density at radius 2 is 2.25 bits per heavy atom. The van der Waals surface area contributed by atoms with Crippen molar-refractivity contribution in [3.8, 4) is 0 Å². The number of nitrogens with zero attached hydrogens (tertiary/aromatic N) is 2. The highest BCUT2D eigenvalue weighted by Crippen LogP contribution is 2.26. The van der Waals surface area contributed by atoms with E-state index >= 15 is 0 Å². The van der Waals surface area contributed by atoms with Crippen LogP contribution >= 0.6 is 23.1 Å². The minimum Gasteiger partial charge on any atom is -0.387 e. The fraction of sp³-hybridized carbons (Fsp3) is 0.200. The molecule has 6 heteroatoms. The van der Waals surface area contributed by atoms with Crippen LogP contribution < -0.4 is 0 Å². The van der Waals surface area contributed by atoms with Crippen LogP contribution in [0.2, 0.25) is 0 Å². The number of aliphatic hydroxyl groups is 1. The zero-order valence-electron chi connectivity index (χ0n) is 8.21. The van der Waals surface area contributed by atoms with Gasteiger partial charge in [-0.25, -0.2) is 4.39 Å². The first-order chi connectivity index (χ1) is 7.77. The van der Waals surface area contributed by atoms with Gasteiger partial charge in [0.25, 0.3) is 0 Å². The Balaban J connectivity index is 1.98. The van der Waals surface area contributed by atoms with Crippen LogP contribution in [-0.4, -0.2) is 21.1 Å². The third kappa shape index (κ3) is 2.78. The molecule has 0 bridgehead atoms. The molecule has 1 N–H and O–H groups in total. The molecule has 2 rings (SSSR count). The second-order valence-electron chi connectivity index (χ2n) is 3.05. The molecule has 1 aromatic carbocycles. The molecular weight excluding hydrogens is 247 g/mol. The highest BCUT2D eigenvalue weighted by atomic mass is 32.2. The third-order valence-corrected chi connectivity index (χ3v) is 3.91. The van der Waals surface area contributed by atoms with Gasteiger partial charge in [-0.3, -0.25) is 0 Å². The molecule has 2 aromatic rings. The molecule has 16 heavy (non-hydrogen) atoms. The van der Waals surface area contributed by atoms with Gasteiger partial charge in [0.05, 0.1) is 6.10 Å². The summed E-state index contributed by atoms with van der Waals surface area (Å²) in [5, 5.41) is 17.3. The van der Waals surface area contributed by atoms with E-state index in [9.17, 15) is 9.50 Å². The zero-order valence-corrected chi connectivity index (χ0v) is 9.84. The van der Waals surface area contributed by atoms with Gasteiger partial charge < -0.3 is 5.11 Å². The molecule has 0 aliphatic heterocycles. The number of rotatable bonds is 4. The van der Waals surface area contributed by atoms with Crippen molar-refractivity contribution in [1.82, 2.24) is 10.2 Å². The number of benzene rings is 1. The first-order valence-corrected chi connectivity index (χ1v) is 6.45. The Labute approximate surface area is 100 Å². The monoisotopic (exact) mass is 256 g/mol. The second-order valence-corrected chi connectivity index (χ2v) is 5.15. The highest BCUT2D eigenvalue weighted by molar-refractivity contribution is 8.01. The molecule has 0 aliphatic rings. The van der Waals surface area contributed by atoms with Crippen LogP contribution in [0.1, 0.15) is 11.7 Å². The summed E-state index contributed by atoms with van der Waals surface area (Å²) in [4.78, 5) is 0. The molecule has 0 amide bonds. The second kappa shape index (κ2) is 5.38. The normalized spacial score (nSPS) is 12.6. The fourth-order valence-corrected chi connectivity index (χ4v) is 2.68. The quantitative estimate of drug-likeness (QED) is 0.854. The van der Waals surface area contributed by atoms with Gasteiger partial charge in [0.15, 0.2) is 4.34 Å². The van der Waals surface area contributed by atoms with Gasteiger partial charge >= 0.3 is 0 Å². The van der Waals surface area contributed by atoms with Gasteiger partial charge in [0.2, 0.25) is 0 Å². The zero-order chi connectivity index (χ0) is 11.4. The maximum absolute atomic E-state index is 13.3. The Hall–Kier alpha value is -0.980. The number of thioether (sulfide) groups is 1. The van der Waals surface area contributed by atoms with Crippen molar-refractivity contribution in [2.24, 2.45) is 0 Å².